The van der Waals surface area contributed by atoms with Crippen LogP contribution in [0.25, 0.3) is 0 Å². The summed E-state index contributed by atoms with van der Waals surface area (Å²) in [7, 11) is 0. The summed E-state index contributed by atoms with van der Waals surface area (Å²) in [6.07, 6.45) is 8.96. The highest BCUT2D eigenvalue weighted by molar-refractivity contribution is 5.74. The van der Waals surface area contributed by atoms with Crippen LogP contribution in [0.3, 0.4) is 0 Å². The Bertz CT molecular complexity index is 305. The van der Waals surface area contributed by atoms with Crippen molar-refractivity contribution >= 4 is 12.0 Å². The fraction of sp³-hybridized carbons (Fsp3) is 0.692. The molecule has 1 fully saturated rings. The predicted molar refractivity (Wildman–Crippen MR) is 69.2 cm³/mol. The molecule has 2 amide bonds. The van der Waals surface area contributed by atoms with Crippen molar-refractivity contribution in [1.29, 1.82) is 0 Å². The number of carbonyl (C=O) groups excluding carboxylic acids is 1. The molecule has 0 radical (unpaired) electrons. The summed E-state index contributed by atoms with van der Waals surface area (Å²) >= 11 is 0. The van der Waals surface area contributed by atoms with E-state index in [4.69, 9.17) is 5.11 Å². The minimum atomic E-state index is -0.760. The Balaban J connectivity index is 1.96. The molecule has 0 atom stereocenters. The average Bonchev–Trinajstić information content (AvgIpc) is 2.83. The maximum atomic E-state index is 11.4. The largest absolute Gasteiger partial charge is 0.481 e. The molecule has 5 nitrogen and oxygen atoms in total. The lowest BCUT2D eigenvalue weighted by Crippen LogP contribution is -2.33. The first-order valence-corrected chi connectivity index (χ1v) is 6.62. The van der Waals surface area contributed by atoms with E-state index in [0.717, 1.165) is 25.7 Å². The van der Waals surface area contributed by atoms with Crippen molar-refractivity contribution in [1.82, 2.24) is 10.6 Å². The predicted octanol–water partition coefficient (Wildman–Crippen LogP) is 2.39. The summed E-state index contributed by atoms with van der Waals surface area (Å²) in [4.78, 5) is 21.6. The molecule has 0 aromatic heterocycles. The summed E-state index contributed by atoms with van der Waals surface area (Å²) in [5.74, 6) is -0.760. The maximum absolute atomic E-state index is 11.4. The van der Waals surface area contributed by atoms with Crippen molar-refractivity contribution in [3.63, 3.8) is 0 Å². The molecule has 102 valence electrons. The lowest BCUT2D eigenvalue weighted by molar-refractivity contribution is -0.137. The monoisotopic (exact) mass is 254 g/mol. The van der Waals surface area contributed by atoms with E-state index in [0.29, 0.717) is 13.0 Å². The Hall–Kier alpha value is -1.52. The summed E-state index contributed by atoms with van der Waals surface area (Å²) in [6, 6.07) is -0.173. The summed E-state index contributed by atoms with van der Waals surface area (Å²) < 4.78 is 0. The van der Waals surface area contributed by atoms with Gasteiger partial charge in [0.15, 0.2) is 0 Å². The first-order valence-electron chi connectivity index (χ1n) is 6.62. The smallest absolute Gasteiger partial charge is 0.318 e. The van der Waals surface area contributed by atoms with Crippen molar-refractivity contribution in [2.24, 2.45) is 0 Å². The fourth-order valence-corrected chi connectivity index (χ4v) is 1.97. The first-order chi connectivity index (χ1) is 8.68. The van der Waals surface area contributed by atoms with Crippen LogP contribution in [0.5, 0.6) is 0 Å². The van der Waals surface area contributed by atoms with E-state index in [1.165, 1.54) is 18.4 Å². The van der Waals surface area contributed by atoms with Crippen LogP contribution in [0.2, 0.25) is 0 Å². The highest BCUT2D eigenvalue weighted by atomic mass is 16.4. The fourth-order valence-electron chi connectivity index (χ4n) is 1.97. The molecule has 0 heterocycles. The number of carboxylic acid groups (broad SMARTS) is 1. The van der Waals surface area contributed by atoms with Crippen molar-refractivity contribution in [3.05, 3.63) is 11.8 Å². The van der Waals surface area contributed by atoms with Crippen molar-refractivity contribution in [3.8, 4) is 0 Å². The second kappa shape index (κ2) is 8.55. The molecular weight excluding hydrogens is 232 g/mol. The van der Waals surface area contributed by atoms with E-state index in [-0.39, 0.29) is 12.5 Å². The van der Waals surface area contributed by atoms with Gasteiger partial charge in [0.05, 0.1) is 0 Å². The van der Waals surface area contributed by atoms with E-state index in [1.54, 1.807) is 0 Å². The summed E-state index contributed by atoms with van der Waals surface area (Å²) in [6.45, 7) is 0.592. The Labute approximate surface area is 108 Å². The number of amides is 2. The van der Waals surface area contributed by atoms with Crippen LogP contribution in [-0.2, 0) is 4.79 Å². The molecule has 0 aromatic carbocycles. The molecule has 1 rings (SSSR count). The lowest BCUT2D eigenvalue weighted by Gasteiger charge is -2.05. The molecule has 0 aliphatic heterocycles. The Morgan fingerprint density at radius 1 is 1.17 bits per heavy atom. The molecule has 0 saturated heterocycles. The third-order valence-electron chi connectivity index (χ3n) is 3.01. The zero-order valence-corrected chi connectivity index (χ0v) is 10.7. The number of nitrogens with one attached hydrogen (secondary N) is 2. The first kappa shape index (κ1) is 14.5. The highest BCUT2D eigenvalue weighted by Crippen LogP contribution is 2.22. The summed E-state index contributed by atoms with van der Waals surface area (Å²) in [5, 5.41) is 13.9. The minimum Gasteiger partial charge on any atom is -0.481 e. The normalized spacial score (nSPS) is 14.3. The molecule has 3 N–H and O–H groups in total. The van der Waals surface area contributed by atoms with Gasteiger partial charge in [-0.15, -0.1) is 0 Å². The van der Waals surface area contributed by atoms with E-state index in [2.05, 4.69) is 10.6 Å². The number of hydrogen-bond donors (Lipinski definition) is 3. The SMILES string of the molecule is O=C(O)CCCCCNC(=O)NC=C1CCCC1. The second-order valence-corrected chi connectivity index (χ2v) is 4.61. The van der Waals surface area contributed by atoms with Gasteiger partial charge in [0.1, 0.15) is 0 Å². The maximum Gasteiger partial charge on any atom is 0.318 e. The van der Waals surface area contributed by atoms with Gasteiger partial charge in [-0.25, -0.2) is 4.79 Å². The van der Waals surface area contributed by atoms with Crippen LogP contribution < -0.4 is 10.6 Å². The van der Waals surface area contributed by atoms with E-state index < -0.39 is 5.97 Å². The molecule has 1 aliphatic carbocycles. The number of hydrogen-bond acceptors (Lipinski definition) is 2. The van der Waals surface area contributed by atoms with Crippen LogP contribution in [0, 0.1) is 0 Å². The van der Waals surface area contributed by atoms with Gasteiger partial charge in [-0.1, -0.05) is 12.0 Å². The number of rotatable bonds is 7. The number of urea groups is 1. The third-order valence-corrected chi connectivity index (χ3v) is 3.01. The number of aliphatic carboxylic acids is 1. The van der Waals surface area contributed by atoms with Gasteiger partial charge >= 0.3 is 12.0 Å². The molecule has 18 heavy (non-hydrogen) atoms. The molecule has 5 heteroatoms. The molecular formula is C13H22N2O3. The van der Waals surface area contributed by atoms with Gasteiger partial charge < -0.3 is 15.7 Å². The van der Waals surface area contributed by atoms with Gasteiger partial charge in [-0.3, -0.25) is 4.79 Å². The van der Waals surface area contributed by atoms with Crippen LogP contribution in [0.15, 0.2) is 11.8 Å². The molecule has 0 unspecified atom stereocenters. The number of unbranched alkanes of at least 4 members (excludes halogenated alkanes) is 2. The zero-order chi connectivity index (χ0) is 13.2. The number of carbonyl (C=O) groups is 2. The molecule has 0 aromatic rings. The van der Waals surface area contributed by atoms with Crippen LogP contribution in [-0.4, -0.2) is 23.7 Å². The van der Waals surface area contributed by atoms with Crippen LogP contribution in [0.1, 0.15) is 51.4 Å². The third kappa shape index (κ3) is 6.93. The van der Waals surface area contributed by atoms with E-state index >= 15 is 0 Å². The molecule has 1 saturated carbocycles. The van der Waals surface area contributed by atoms with E-state index in [1.807, 2.05) is 6.20 Å². The standard InChI is InChI=1S/C13H22N2O3/c16-12(17)8-2-1-5-9-14-13(18)15-10-11-6-3-4-7-11/h10H,1-9H2,(H,16,17)(H2,14,15,18). The number of carboxylic acids is 1. The highest BCUT2D eigenvalue weighted by Gasteiger charge is 2.06. The van der Waals surface area contributed by atoms with Gasteiger partial charge in [-0.05, 0) is 38.5 Å². The quantitative estimate of drug-likeness (QED) is 0.610. The van der Waals surface area contributed by atoms with Gasteiger partial charge in [0.2, 0.25) is 0 Å². The molecule has 0 spiro atoms. The zero-order valence-electron chi connectivity index (χ0n) is 10.7. The van der Waals surface area contributed by atoms with Crippen LogP contribution >= 0.6 is 0 Å². The van der Waals surface area contributed by atoms with Gasteiger partial charge in [-0.2, -0.15) is 0 Å². The molecule has 1 aliphatic rings. The number of allylic oxidation sites excluding steroid dienone is 1. The minimum absolute atomic E-state index is 0.173. The Morgan fingerprint density at radius 3 is 2.56 bits per heavy atom. The summed E-state index contributed by atoms with van der Waals surface area (Å²) in [5.41, 5.74) is 1.31. The van der Waals surface area contributed by atoms with E-state index in [9.17, 15) is 9.59 Å². The topological polar surface area (TPSA) is 78.4 Å². The Morgan fingerprint density at radius 2 is 1.89 bits per heavy atom. The van der Waals surface area contributed by atoms with Crippen molar-refractivity contribution in [2.75, 3.05) is 6.54 Å². The average molecular weight is 254 g/mol. The Kier molecular flexibility index (Phi) is 6.91. The molecule has 0 bridgehead atoms. The van der Waals surface area contributed by atoms with Gasteiger partial charge in [0, 0.05) is 19.2 Å². The lowest BCUT2D eigenvalue weighted by atomic mass is 10.2. The van der Waals surface area contributed by atoms with Crippen molar-refractivity contribution in [2.45, 2.75) is 51.4 Å². The van der Waals surface area contributed by atoms with Gasteiger partial charge in [0.25, 0.3) is 0 Å². The van der Waals surface area contributed by atoms with Crippen molar-refractivity contribution < 1.29 is 14.7 Å². The second-order valence-electron chi connectivity index (χ2n) is 4.61. The van der Waals surface area contributed by atoms with Crippen LogP contribution in [0.4, 0.5) is 4.79 Å².